The lowest BCUT2D eigenvalue weighted by Crippen LogP contribution is -2.68. The number of carboxylic acid groups (broad SMARTS) is 1. The van der Waals surface area contributed by atoms with Crippen molar-refractivity contribution in [1.29, 1.82) is 0 Å². The number of nitrogens with zero attached hydrogens (tertiary/aromatic N) is 2. The Morgan fingerprint density at radius 1 is 1.52 bits per heavy atom. The zero-order valence-electron chi connectivity index (χ0n) is 12.7. The van der Waals surface area contributed by atoms with Crippen LogP contribution in [-0.4, -0.2) is 39.1 Å². The Morgan fingerprint density at radius 3 is 2.87 bits per heavy atom. The third-order valence-corrected chi connectivity index (χ3v) is 5.26. The largest absolute Gasteiger partial charge is 0.477 e. The van der Waals surface area contributed by atoms with Crippen LogP contribution in [-0.2, 0) is 16.1 Å². The molecule has 3 N–H and O–H groups in total. The standard InChI is InChI=1S/C16H17N3O3S/c1-10-4-7-18(8-5-10)6-2-3-11-9-23-15-12(17)14(20)19(15)13(11)16(21)22/h2-5,7-8,12,15H,6,9,17H2,1H3/p+1/b3-2+/t12-,15-/m1/s1. The molecule has 2 aliphatic rings. The minimum atomic E-state index is -1.09. The second-order valence-electron chi connectivity index (χ2n) is 5.59. The molecule has 3 heterocycles. The number of pyridine rings is 1. The van der Waals surface area contributed by atoms with Gasteiger partial charge in [0, 0.05) is 17.9 Å². The molecular weight excluding hydrogens is 314 g/mol. The first-order chi connectivity index (χ1) is 11.0. The highest BCUT2D eigenvalue weighted by Gasteiger charge is 2.51. The summed E-state index contributed by atoms with van der Waals surface area (Å²) >= 11 is 1.50. The molecule has 120 valence electrons. The number of hydrogen-bond donors (Lipinski definition) is 2. The summed E-state index contributed by atoms with van der Waals surface area (Å²) < 4.78 is 1.99. The van der Waals surface area contributed by atoms with Crippen molar-refractivity contribution in [3.8, 4) is 0 Å². The van der Waals surface area contributed by atoms with Gasteiger partial charge in [0.25, 0.3) is 0 Å². The number of aliphatic carboxylic acids is 1. The van der Waals surface area contributed by atoms with Crippen LogP contribution in [0.5, 0.6) is 0 Å². The van der Waals surface area contributed by atoms with Crippen LogP contribution < -0.4 is 10.3 Å². The minimum Gasteiger partial charge on any atom is -0.477 e. The molecule has 1 amide bonds. The second kappa shape index (κ2) is 6.17. The second-order valence-corrected chi connectivity index (χ2v) is 6.69. The van der Waals surface area contributed by atoms with Gasteiger partial charge in [-0.25, -0.2) is 9.36 Å². The lowest BCUT2D eigenvalue weighted by Gasteiger charge is -2.47. The molecule has 1 aromatic heterocycles. The van der Waals surface area contributed by atoms with E-state index >= 15 is 0 Å². The van der Waals surface area contributed by atoms with E-state index in [0.717, 1.165) is 0 Å². The summed E-state index contributed by atoms with van der Waals surface area (Å²) in [5, 5.41) is 9.19. The van der Waals surface area contributed by atoms with Crippen LogP contribution in [0.25, 0.3) is 0 Å². The molecule has 7 heteroatoms. The van der Waals surface area contributed by atoms with Gasteiger partial charge >= 0.3 is 5.97 Å². The fourth-order valence-corrected chi connectivity index (χ4v) is 3.90. The Hall–Kier alpha value is -2.12. The lowest BCUT2D eigenvalue weighted by atomic mass is 10.0. The highest BCUT2D eigenvalue weighted by molar-refractivity contribution is 8.00. The van der Waals surface area contributed by atoms with Crippen molar-refractivity contribution >= 4 is 23.6 Å². The van der Waals surface area contributed by atoms with Gasteiger partial charge in [0.2, 0.25) is 5.91 Å². The average molecular weight is 332 g/mol. The van der Waals surface area contributed by atoms with Crippen molar-refractivity contribution in [1.82, 2.24) is 4.90 Å². The Morgan fingerprint density at radius 2 is 2.22 bits per heavy atom. The highest BCUT2D eigenvalue weighted by Crippen LogP contribution is 2.39. The predicted octanol–water partition coefficient (Wildman–Crippen LogP) is 0.420. The SMILES string of the molecule is Cc1cc[n+](C/C=C/C2=C(C(=O)O)N3C(=O)[C@@H](N)[C@H]3SC2)cc1. The third-order valence-electron chi connectivity index (χ3n) is 3.93. The number of aryl methyl sites for hydroxylation is 1. The van der Waals surface area contributed by atoms with E-state index in [0.29, 0.717) is 17.9 Å². The van der Waals surface area contributed by atoms with E-state index in [2.05, 4.69) is 0 Å². The van der Waals surface area contributed by atoms with Crippen LogP contribution >= 0.6 is 11.8 Å². The van der Waals surface area contributed by atoms with Gasteiger partial charge in [-0.05, 0) is 24.1 Å². The number of carboxylic acids is 1. The van der Waals surface area contributed by atoms with Crippen molar-refractivity contribution in [2.24, 2.45) is 5.73 Å². The number of carbonyl (C=O) groups excluding carboxylic acids is 1. The first kappa shape index (κ1) is 15.8. The third kappa shape index (κ3) is 2.89. The first-order valence-electron chi connectivity index (χ1n) is 7.28. The number of β-lactam (4-membered cyclic amide) rings is 1. The van der Waals surface area contributed by atoms with E-state index < -0.39 is 12.0 Å². The van der Waals surface area contributed by atoms with Crippen LogP contribution in [0.4, 0.5) is 0 Å². The van der Waals surface area contributed by atoms with Gasteiger partial charge in [-0.3, -0.25) is 9.69 Å². The van der Waals surface area contributed by atoms with Gasteiger partial charge < -0.3 is 10.8 Å². The zero-order valence-corrected chi connectivity index (χ0v) is 13.5. The van der Waals surface area contributed by atoms with Crippen LogP contribution in [0.15, 0.2) is 47.9 Å². The molecule has 0 aromatic carbocycles. The maximum Gasteiger partial charge on any atom is 0.352 e. The number of thioether (sulfide) groups is 1. The van der Waals surface area contributed by atoms with Crippen LogP contribution in [0.1, 0.15) is 5.56 Å². The fourth-order valence-electron chi connectivity index (χ4n) is 2.64. The summed E-state index contributed by atoms with van der Waals surface area (Å²) in [5.41, 5.74) is 7.61. The summed E-state index contributed by atoms with van der Waals surface area (Å²) in [5.74, 6) is -0.865. The van der Waals surface area contributed by atoms with E-state index in [1.165, 1.54) is 22.2 Å². The number of rotatable bonds is 4. The van der Waals surface area contributed by atoms with Crippen molar-refractivity contribution in [3.63, 3.8) is 0 Å². The molecule has 1 saturated heterocycles. The summed E-state index contributed by atoms with van der Waals surface area (Å²) in [6.45, 7) is 2.66. The topological polar surface area (TPSA) is 87.5 Å². The molecule has 1 fully saturated rings. The molecule has 0 radical (unpaired) electrons. The van der Waals surface area contributed by atoms with Crippen molar-refractivity contribution in [3.05, 3.63) is 53.5 Å². The van der Waals surface area contributed by atoms with E-state index in [9.17, 15) is 14.7 Å². The minimum absolute atomic E-state index is 0.0607. The Balaban J connectivity index is 1.79. The zero-order chi connectivity index (χ0) is 16.6. The number of nitrogens with two attached hydrogens (primary N) is 1. The molecule has 0 saturated carbocycles. The van der Waals surface area contributed by atoms with Gasteiger partial charge in [0.1, 0.15) is 17.1 Å². The maximum absolute atomic E-state index is 11.8. The molecule has 2 aliphatic heterocycles. The number of hydrogen-bond acceptors (Lipinski definition) is 4. The molecule has 0 bridgehead atoms. The number of aromatic nitrogens is 1. The monoisotopic (exact) mass is 332 g/mol. The number of carbonyl (C=O) groups is 2. The molecular formula is C16H18N3O3S+. The number of amides is 1. The quantitative estimate of drug-likeness (QED) is 0.616. The fraction of sp³-hybridized carbons (Fsp3) is 0.312. The Labute approximate surface area is 138 Å². The van der Waals surface area contributed by atoms with Crippen molar-refractivity contribution < 1.29 is 19.3 Å². The van der Waals surface area contributed by atoms with Gasteiger partial charge in [-0.1, -0.05) is 6.08 Å². The molecule has 3 rings (SSSR count). The summed E-state index contributed by atoms with van der Waals surface area (Å²) in [6, 6.07) is 3.43. The number of allylic oxidation sites excluding steroid dienone is 2. The Bertz CT molecular complexity index is 712. The van der Waals surface area contributed by atoms with Crippen molar-refractivity contribution in [2.45, 2.75) is 24.9 Å². The van der Waals surface area contributed by atoms with Crippen molar-refractivity contribution in [2.75, 3.05) is 5.75 Å². The molecule has 0 unspecified atom stereocenters. The van der Waals surface area contributed by atoms with E-state index in [-0.39, 0.29) is 17.0 Å². The predicted molar refractivity (Wildman–Crippen MR) is 86.2 cm³/mol. The van der Waals surface area contributed by atoms with E-state index in [4.69, 9.17) is 5.73 Å². The van der Waals surface area contributed by atoms with Crippen LogP contribution in [0.3, 0.4) is 0 Å². The van der Waals surface area contributed by atoms with E-state index in [1.807, 2.05) is 42.1 Å². The lowest BCUT2D eigenvalue weighted by molar-refractivity contribution is -0.687. The molecule has 0 aliphatic carbocycles. The maximum atomic E-state index is 11.8. The molecule has 0 spiro atoms. The smallest absolute Gasteiger partial charge is 0.352 e. The first-order valence-corrected chi connectivity index (χ1v) is 8.33. The van der Waals surface area contributed by atoms with Crippen LogP contribution in [0, 0.1) is 6.92 Å². The summed E-state index contributed by atoms with van der Waals surface area (Å²) in [7, 11) is 0. The summed E-state index contributed by atoms with van der Waals surface area (Å²) in [4.78, 5) is 24.7. The molecule has 23 heavy (non-hydrogen) atoms. The van der Waals surface area contributed by atoms with Gasteiger partial charge in [-0.15, -0.1) is 11.8 Å². The summed E-state index contributed by atoms with van der Waals surface area (Å²) in [6.07, 6.45) is 7.63. The Kier molecular flexibility index (Phi) is 4.23. The normalized spacial score (nSPS) is 23.9. The number of fused-ring (bicyclic) bond motifs is 1. The highest BCUT2D eigenvalue weighted by atomic mass is 32.2. The molecule has 6 nitrogen and oxygen atoms in total. The molecule has 2 atom stereocenters. The average Bonchev–Trinajstić information content (AvgIpc) is 2.55. The van der Waals surface area contributed by atoms with Gasteiger partial charge in [-0.2, -0.15) is 0 Å². The molecule has 1 aromatic rings. The van der Waals surface area contributed by atoms with Crippen LogP contribution in [0.2, 0.25) is 0 Å². The van der Waals surface area contributed by atoms with E-state index in [1.54, 1.807) is 6.08 Å². The van der Waals surface area contributed by atoms with Gasteiger partial charge in [0.15, 0.2) is 18.9 Å². The van der Waals surface area contributed by atoms with Gasteiger partial charge in [0.05, 0.1) is 0 Å².